The Kier molecular flexibility index (Phi) is 15.1. The lowest BCUT2D eigenvalue weighted by Gasteiger charge is -2.51. The van der Waals surface area contributed by atoms with E-state index in [9.17, 15) is 4.79 Å². The molecule has 3 heterocycles. The third kappa shape index (κ3) is 8.24. The molecule has 0 saturated carbocycles. The van der Waals surface area contributed by atoms with Gasteiger partial charge >= 0.3 is 0 Å². The molecule has 0 aromatic rings. The molecule has 44 heavy (non-hydrogen) atoms. The van der Waals surface area contributed by atoms with E-state index in [0.717, 1.165) is 0 Å². The number of nitrogens with two attached hydrogens (primary N) is 1. The van der Waals surface area contributed by atoms with Gasteiger partial charge in [-0.1, -0.05) is 0 Å². The van der Waals surface area contributed by atoms with Crippen LogP contribution in [0.1, 0.15) is 13.8 Å². The van der Waals surface area contributed by atoms with Gasteiger partial charge in [0.25, 0.3) is 0 Å². The van der Waals surface area contributed by atoms with Crippen molar-refractivity contribution in [2.24, 2.45) is 5.73 Å². The summed E-state index contributed by atoms with van der Waals surface area (Å²) in [6.07, 6.45) is -10.0. The van der Waals surface area contributed by atoms with Crippen molar-refractivity contribution in [1.29, 1.82) is 0 Å². The molecule has 3 fully saturated rings. The van der Waals surface area contributed by atoms with Crippen LogP contribution in [-0.2, 0) is 66.4 Å². The number of hydrogen-bond donors (Lipinski definition) is 2. The Balaban J connectivity index is 1.91. The molecule has 3 aliphatic heterocycles. The standard InChI is InChI=1S/C28H52N2O14/c1-13-17(29)20(34-5)24(38-9)27(40-13)43-19-16(12-33-4)42-28(25(39-10)22(19)36-7)44-18-15(11-32-3)41-26(30-14(2)31)23(37-8)21(18)35-6/h13,15-28H,11-12,29H2,1-10H3,(H,30,31)/t13?,15?,16?,17-,18+,19+,20-,21-,22-,23?,24?,25?,26?,27+,28+/m1/s1. The molecule has 1 amide bonds. The minimum atomic E-state index is -1.00. The first kappa shape index (κ1) is 37.4. The molecule has 16 heteroatoms. The largest absolute Gasteiger partial charge is 0.382 e. The fraction of sp³-hybridized carbons (Fsp3) is 0.964. The van der Waals surface area contributed by atoms with Crippen LogP contribution in [0.4, 0.5) is 0 Å². The molecule has 258 valence electrons. The van der Waals surface area contributed by atoms with Gasteiger partial charge in [0.1, 0.15) is 61.0 Å². The lowest BCUT2D eigenvalue weighted by atomic mass is 9.95. The van der Waals surface area contributed by atoms with Crippen molar-refractivity contribution in [3.63, 3.8) is 0 Å². The summed E-state index contributed by atoms with van der Waals surface area (Å²) in [5, 5.41) is 2.76. The average Bonchev–Trinajstić information content (AvgIpc) is 3.00. The summed E-state index contributed by atoms with van der Waals surface area (Å²) in [6.45, 7) is 3.48. The molecule has 7 unspecified atom stereocenters. The Morgan fingerprint density at radius 2 is 1.05 bits per heavy atom. The maximum absolute atomic E-state index is 11.9. The zero-order valence-electron chi connectivity index (χ0n) is 27.4. The topological polar surface area (TPSA) is 175 Å². The van der Waals surface area contributed by atoms with Crippen molar-refractivity contribution in [2.45, 2.75) is 106 Å². The molecule has 0 aliphatic carbocycles. The second-order valence-electron chi connectivity index (χ2n) is 10.9. The number of rotatable bonds is 15. The Morgan fingerprint density at radius 3 is 1.50 bits per heavy atom. The van der Waals surface area contributed by atoms with Gasteiger partial charge in [0.2, 0.25) is 5.91 Å². The van der Waals surface area contributed by atoms with Gasteiger partial charge in [-0.2, -0.15) is 0 Å². The summed E-state index contributed by atoms with van der Waals surface area (Å²) in [5.74, 6) is -0.292. The van der Waals surface area contributed by atoms with E-state index in [0.29, 0.717) is 0 Å². The molecule has 15 atom stereocenters. The van der Waals surface area contributed by atoms with Gasteiger partial charge in [0, 0.05) is 63.8 Å². The molecule has 3 N–H and O–H groups in total. The number of carbonyl (C=O) groups excluding carboxylic acids is 1. The van der Waals surface area contributed by atoms with E-state index in [1.165, 1.54) is 42.5 Å². The molecular weight excluding hydrogens is 588 g/mol. The van der Waals surface area contributed by atoms with Crippen LogP contribution < -0.4 is 11.1 Å². The van der Waals surface area contributed by atoms with Gasteiger partial charge in [-0.15, -0.1) is 0 Å². The summed E-state index contributed by atoms with van der Waals surface area (Å²) in [7, 11) is 12.3. The summed E-state index contributed by atoms with van der Waals surface area (Å²) >= 11 is 0. The van der Waals surface area contributed by atoms with E-state index in [-0.39, 0.29) is 25.2 Å². The first-order chi connectivity index (χ1) is 21.1. The number of nitrogens with one attached hydrogen (secondary N) is 1. The number of carbonyl (C=O) groups is 1. The van der Waals surface area contributed by atoms with Crippen LogP contribution in [0, 0.1) is 0 Å². The number of ether oxygens (including phenoxy) is 13. The van der Waals surface area contributed by atoms with E-state index in [4.69, 9.17) is 67.3 Å². The smallest absolute Gasteiger partial charge is 0.218 e. The van der Waals surface area contributed by atoms with Crippen molar-refractivity contribution in [3.8, 4) is 0 Å². The van der Waals surface area contributed by atoms with E-state index >= 15 is 0 Å². The lowest BCUT2D eigenvalue weighted by Crippen LogP contribution is -2.68. The fourth-order valence-corrected chi connectivity index (χ4v) is 6.16. The molecule has 0 aromatic carbocycles. The molecule has 3 aliphatic rings. The van der Waals surface area contributed by atoms with Crippen LogP contribution in [0.2, 0.25) is 0 Å². The molecule has 0 aromatic heterocycles. The molecule has 0 bridgehead atoms. The first-order valence-corrected chi connectivity index (χ1v) is 14.6. The normalized spacial score (nSPS) is 43.1. The highest BCUT2D eigenvalue weighted by atomic mass is 16.8. The molecule has 0 spiro atoms. The zero-order chi connectivity index (χ0) is 32.6. The predicted molar refractivity (Wildman–Crippen MR) is 152 cm³/mol. The van der Waals surface area contributed by atoms with Gasteiger partial charge in [0.15, 0.2) is 18.8 Å². The van der Waals surface area contributed by atoms with Crippen LogP contribution in [-0.4, -0.2) is 168 Å². The van der Waals surface area contributed by atoms with Crippen LogP contribution in [0.25, 0.3) is 0 Å². The Morgan fingerprint density at radius 1 is 0.614 bits per heavy atom. The highest BCUT2D eigenvalue weighted by Crippen LogP contribution is 2.35. The van der Waals surface area contributed by atoms with Gasteiger partial charge in [-0.05, 0) is 6.92 Å². The Bertz CT molecular complexity index is 859. The van der Waals surface area contributed by atoms with E-state index in [2.05, 4.69) is 5.32 Å². The zero-order valence-corrected chi connectivity index (χ0v) is 27.4. The maximum atomic E-state index is 11.9. The molecule has 0 radical (unpaired) electrons. The first-order valence-electron chi connectivity index (χ1n) is 14.6. The second kappa shape index (κ2) is 17.7. The van der Waals surface area contributed by atoms with Crippen LogP contribution >= 0.6 is 0 Å². The third-order valence-corrected chi connectivity index (χ3v) is 8.31. The Hall–Kier alpha value is -1.09. The SMILES string of the molecule is COCC1OC(NC(C)=O)C(OC)[C@H](OC)[C@H]1O[C@@H]1OC(COC)[C@H](O[C@@H]2OC(C)[C@@H](N)[C@@H](OC)C2OC)[C@@H](OC)C1OC. The predicted octanol–water partition coefficient (Wildman–Crippen LogP) is -1.20. The lowest BCUT2D eigenvalue weighted by molar-refractivity contribution is -0.374. The monoisotopic (exact) mass is 640 g/mol. The number of amides is 1. The van der Waals surface area contributed by atoms with Crippen LogP contribution in [0.15, 0.2) is 0 Å². The van der Waals surface area contributed by atoms with Gasteiger partial charge in [0.05, 0.1) is 25.4 Å². The van der Waals surface area contributed by atoms with Gasteiger partial charge < -0.3 is 72.6 Å². The number of methoxy groups -OCH3 is 8. The number of hydrogen-bond acceptors (Lipinski definition) is 15. The summed E-state index contributed by atoms with van der Waals surface area (Å²) in [6, 6.07) is -0.433. The van der Waals surface area contributed by atoms with E-state index in [1.807, 2.05) is 6.92 Å². The molecular formula is C28H52N2O14. The molecule has 16 nitrogen and oxygen atoms in total. The van der Waals surface area contributed by atoms with Crippen molar-refractivity contribution in [2.75, 3.05) is 70.1 Å². The average molecular weight is 641 g/mol. The summed E-state index contributed by atoms with van der Waals surface area (Å²) in [5.41, 5.74) is 6.33. The van der Waals surface area contributed by atoms with Crippen molar-refractivity contribution in [1.82, 2.24) is 5.32 Å². The summed E-state index contributed by atoms with van der Waals surface area (Å²) < 4.78 is 77.7. The molecule has 3 saturated heterocycles. The maximum Gasteiger partial charge on any atom is 0.218 e. The van der Waals surface area contributed by atoms with Crippen molar-refractivity contribution in [3.05, 3.63) is 0 Å². The highest BCUT2D eigenvalue weighted by Gasteiger charge is 2.55. The van der Waals surface area contributed by atoms with Crippen molar-refractivity contribution >= 4 is 5.91 Å². The summed E-state index contributed by atoms with van der Waals surface area (Å²) in [4.78, 5) is 11.9. The van der Waals surface area contributed by atoms with Gasteiger partial charge in [-0.25, -0.2) is 0 Å². The van der Waals surface area contributed by atoms with E-state index < -0.39 is 85.9 Å². The van der Waals surface area contributed by atoms with Crippen LogP contribution in [0.3, 0.4) is 0 Å². The Labute approximate surface area is 259 Å². The van der Waals surface area contributed by atoms with Crippen molar-refractivity contribution < 1.29 is 66.4 Å². The fourth-order valence-electron chi connectivity index (χ4n) is 6.16. The minimum absolute atomic E-state index is 0.121. The third-order valence-electron chi connectivity index (χ3n) is 8.31. The highest BCUT2D eigenvalue weighted by molar-refractivity contribution is 5.73. The van der Waals surface area contributed by atoms with Crippen LogP contribution in [0.5, 0.6) is 0 Å². The quantitative estimate of drug-likeness (QED) is 0.218. The van der Waals surface area contributed by atoms with E-state index in [1.54, 1.807) is 21.3 Å². The van der Waals surface area contributed by atoms with Gasteiger partial charge in [-0.3, -0.25) is 4.79 Å². The molecule has 3 rings (SSSR count). The minimum Gasteiger partial charge on any atom is -0.382 e. The second-order valence-corrected chi connectivity index (χ2v) is 10.9.